The van der Waals surface area contributed by atoms with Crippen molar-refractivity contribution in [3.63, 3.8) is 0 Å². The molecule has 29 heavy (non-hydrogen) atoms. The fraction of sp³-hybridized carbons (Fsp3) is 0.550. The molecule has 1 amide bonds. The summed E-state index contributed by atoms with van der Waals surface area (Å²) >= 11 is 0. The van der Waals surface area contributed by atoms with Gasteiger partial charge in [-0.15, -0.1) is 0 Å². The lowest BCUT2D eigenvalue weighted by Crippen LogP contribution is -2.41. The predicted molar refractivity (Wildman–Crippen MR) is 109 cm³/mol. The Kier molecular flexibility index (Phi) is 4.65. The van der Waals surface area contributed by atoms with Crippen molar-refractivity contribution < 1.29 is 4.79 Å². The highest BCUT2D eigenvalue weighted by atomic mass is 16.2. The molecule has 1 unspecified atom stereocenters. The number of aromatic nitrogens is 6. The summed E-state index contributed by atoms with van der Waals surface area (Å²) in [5.74, 6) is 2.32. The van der Waals surface area contributed by atoms with E-state index in [9.17, 15) is 4.79 Å². The number of hydrogen-bond donors (Lipinski definition) is 1. The van der Waals surface area contributed by atoms with Gasteiger partial charge in [-0.25, -0.2) is 19.9 Å². The topological polar surface area (TPSA) is 95.8 Å². The maximum atomic E-state index is 13.2. The number of anilines is 1. The molecule has 0 saturated carbocycles. The first-order valence-corrected chi connectivity index (χ1v) is 10.5. The van der Waals surface area contributed by atoms with Crippen LogP contribution in [0.15, 0.2) is 18.9 Å². The van der Waals surface area contributed by atoms with Crippen LogP contribution in [0.3, 0.4) is 0 Å². The largest absolute Gasteiger partial charge is 0.353 e. The number of rotatable bonds is 3. The molecule has 5 rings (SSSR count). The number of carbonyl (C=O) groups is 1. The highest BCUT2D eigenvalue weighted by molar-refractivity contribution is 5.83. The molecule has 2 aliphatic rings. The first-order valence-electron chi connectivity index (χ1n) is 10.5. The van der Waals surface area contributed by atoms with Crippen LogP contribution in [0.1, 0.15) is 31.3 Å². The SMILES string of the molecule is CCc1cn2c(n1)CCC(C(=O)N1CCCN(c3ncnc4nc[nH]c34)CC1)C2. The molecule has 152 valence electrons. The van der Waals surface area contributed by atoms with E-state index in [0.29, 0.717) is 12.2 Å². The second-order valence-electron chi connectivity index (χ2n) is 7.85. The molecule has 9 nitrogen and oxygen atoms in total. The number of nitrogens with one attached hydrogen (secondary N) is 1. The number of carbonyl (C=O) groups excluding carboxylic acids is 1. The van der Waals surface area contributed by atoms with Crippen LogP contribution in [-0.2, 0) is 24.2 Å². The molecule has 9 heteroatoms. The van der Waals surface area contributed by atoms with Gasteiger partial charge in [0.15, 0.2) is 11.5 Å². The fourth-order valence-corrected chi connectivity index (χ4v) is 4.47. The Bertz CT molecular complexity index is 1020. The summed E-state index contributed by atoms with van der Waals surface area (Å²) in [6, 6.07) is 0. The Labute approximate surface area is 169 Å². The van der Waals surface area contributed by atoms with Crippen LogP contribution >= 0.6 is 0 Å². The zero-order valence-electron chi connectivity index (χ0n) is 16.7. The number of aromatic amines is 1. The van der Waals surface area contributed by atoms with Crippen LogP contribution in [0.25, 0.3) is 11.2 Å². The number of aryl methyl sites for hydroxylation is 2. The monoisotopic (exact) mass is 394 g/mol. The van der Waals surface area contributed by atoms with Crippen molar-refractivity contribution in [1.82, 2.24) is 34.4 Å². The third kappa shape index (κ3) is 3.34. The molecular weight excluding hydrogens is 368 g/mol. The van der Waals surface area contributed by atoms with E-state index in [-0.39, 0.29) is 11.8 Å². The van der Waals surface area contributed by atoms with Crippen LogP contribution in [0.4, 0.5) is 5.82 Å². The Morgan fingerprint density at radius 3 is 3.03 bits per heavy atom. The van der Waals surface area contributed by atoms with Gasteiger partial charge in [-0.2, -0.15) is 0 Å². The standard InChI is InChI=1S/C20H26N8O/c1-2-15-11-28-10-14(4-5-16(28)25-15)20(29)27-7-3-6-26(8-9-27)19-17-18(22-12-21-17)23-13-24-19/h11-14H,2-10H2,1H3,(H,21,22,23,24). The van der Waals surface area contributed by atoms with Crippen LogP contribution < -0.4 is 4.90 Å². The molecule has 1 saturated heterocycles. The van der Waals surface area contributed by atoms with Gasteiger partial charge in [0, 0.05) is 45.3 Å². The zero-order valence-corrected chi connectivity index (χ0v) is 16.7. The summed E-state index contributed by atoms with van der Waals surface area (Å²) in [5.41, 5.74) is 2.66. The molecular formula is C20H26N8O. The van der Waals surface area contributed by atoms with Gasteiger partial charge in [-0.05, 0) is 19.3 Å². The van der Waals surface area contributed by atoms with E-state index in [2.05, 4.69) is 47.5 Å². The lowest BCUT2D eigenvalue weighted by molar-refractivity contribution is -0.136. The normalized spacial score (nSPS) is 20.0. The Morgan fingerprint density at radius 1 is 1.21 bits per heavy atom. The van der Waals surface area contributed by atoms with E-state index >= 15 is 0 Å². The van der Waals surface area contributed by atoms with E-state index in [0.717, 1.165) is 74.7 Å². The van der Waals surface area contributed by atoms with Crippen molar-refractivity contribution in [3.8, 4) is 0 Å². The number of imidazole rings is 2. The van der Waals surface area contributed by atoms with Gasteiger partial charge in [0.1, 0.15) is 17.7 Å². The first-order chi connectivity index (χ1) is 14.2. The first kappa shape index (κ1) is 18.1. The van der Waals surface area contributed by atoms with Gasteiger partial charge in [-0.3, -0.25) is 4.79 Å². The minimum Gasteiger partial charge on any atom is -0.353 e. The van der Waals surface area contributed by atoms with Gasteiger partial charge in [0.05, 0.1) is 17.9 Å². The van der Waals surface area contributed by atoms with Crippen molar-refractivity contribution in [2.45, 2.75) is 39.2 Å². The van der Waals surface area contributed by atoms with E-state index < -0.39 is 0 Å². The summed E-state index contributed by atoms with van der Waals surface area (Å²) in [5, 5.41) is 0. The van der Waals surface area contributed by atoms with E-state index in [1.54, 1.807) is 12.7 Å². The molecule has 5 heterocycles. The number of H-pyrrole nitrogens is 1. The summed E-state index contributed by atoms with van der Waals surface area (Å²) in [7, 11) is 0. The van der Waals surface area contributed by atoms with Crippen LogP contribution in [0.5, 0.6) is 0 Å². The lowest BCUT2D eigenvalue weighted by Gasteiger charge is -2.29. The highest BCUT2D eigenvalue weighted by Gasteiger charge is 2.30. The molecule has 2 aliphatic heterocycles. The number of fused-ring (bicyclic) bond motifs is 2. The van der Waals surface area contributed by atoms with Crippen molar-refractivity contribution in [1.29, 1.82) is 0 Å². The maximum absolute atomic E-state index is 13.2. The zero-order chi connectivity index (χ0) is 19.8. The highest BCUT2D eigenvalue weighted by Crippen LogP contribution is 2.24. The van der Waals surface area contributed by atoms with Gasteiger partial charge >= 0.3 is 0 Å². The van der Waals surface area contributed by atoms with Crippen LogP contribution in [0, 0.1) is 5.92 Å². The molecule has 3 aromatic rings. The molecule has 0 bridgehead atoms. The van der Waals surface area contributed by atoms with E-state index in [1.807, 2.05) is 4.90 Å². The van der Waals surface area contributed by atoms with Gasteiger partial charge < -0.3 is 19.4 Å². The third-order valence-corrected chi connectivity index (χ3v) is 6.06. The summed E-state index contributed by atoms with van der Waals surface area (Å²) in [6.45, 7) is 6.01. The van der Waals surface area contributed by atoms with Crippen LogP contribution in [-0.4, -0.2) is 66.5 Å². The van der Waals surface area contributed by atoms with E-state index in [4.69, 9.17) is 0 Å². The lowest BCUT2D eigenvalue weighted by atomic mass is 9.97. The molecule has 1 N–H and O–H groups in total. The number of amides is 1. The fourth-order valence-electron chi connectivity index (χ4n) is 4.47. The second kappa shape index (κ2) is 7.46. The molecule has 0 radical (unpaired) electrons. The third-order valence-electron chi connectivity index (χ3n) is 6.06. The molecule has 1 fully saturated rings. The Hall–Kier alpha value is -2.97. The van der Waals surface area contributed by atoms with Crippen molar-refractivity contribution >= 4 is 22.9 Å². The van der Waals surface area contributed by atoms with Crippen molar-refractivity contribution in [3.05, 3.63) is 30.4 Å². The molecule has 0 aliphatic carbocycles. The summed E-state index contributed by atoms with van der Waals surface area (Å²) in [4.78, 5) is 38.2. The van der Waals surface area contributed by atoms with E-state index in [1.165, 1.54) is 0 Å². The molecule has 3 aromatic heterocycles. The number of nitrogens with zero attached hydrogens (tertiary/aromatic N) is 7. The van der Waals surface area contributed by atoms with Crippen LogP contribution in [0.2, 0.25) is 0 Å². The minimum absolute atomic E-state index is 0.0475. The molecule has 0 spiro atoms. The van der Waals surface area contributed by atoms with Gasteiger partial charge in [-0.1, -0.05) is 6.92 Å². The predicted octanol–water partition coefficient (Wildman–Crippen LogP) is 1.41. The minimum atomic E-state index is 0.0475. The smallest absolute Gasteiger partial charge is 0.227 e. The second-order valence-corrected chi connectivity index (χ2v) is 7.85. The average molecular weight is 394 g/mol. The molecule has 1 atom stereocenters. The summed E-state index contributed by atoms with van der Waals surface area (Å²) < 4.78 is 2.19. The summed E-state index contributed by atoms with van der Waals surface area (Å²) in [6.07, 6.45) is 8.95. The quantitative estimate of drug-likeness (QED) is 0.722. The Morgan fingerprint density at radius 2 is 2.14 bits per heavy atom. The molecule has 0 aromatic carbocycles. The van der Waals surface area contributed by atoms with Crippen molar-refractivity contribution in [2.75, 3.05) is 31.1 Å². The maximum Gasteiger partial charge on any atom is 0.227 e. The van der Waals surface area contributed by atoms with Crippen molar-refractivity contribution in [2.24, 2.45) is 5.92 Å². The number of hydrogen-bond acceptors (Lipinski definition) is 6. The van der Waals surface area contributed by atoms with Gasteiger partial charge in [0.25, 0.3) is 0 Å². The van der Waals surface area contributed by atoms with Gasteiger partial charge in [0.2, 0.25) is 5.91 Å². The Balaban J connectivity index is 1.27. The average Bonchev–Trinajstić information content (AvgIpc) is 3.32.